The van der Waals surface area contributed by atoms with Gasteiger partial charge in [-0.3, -0.25) is 14.5 Å². The number of rotatable bonds is 7. The Kier molecular flexibility index (Phi) is 10.4. The third-order valence-electron chi connectivity index (χ3n) is 5.61. The topological polar surface area (TPSA) is 135 Å². The fraction of sp³-hybridized carbons (Fsp3) is 0.545. The molecule has 0 aromatic heterocycles. The lowest BCUT2D eigenvalue weighted by Crippen LogP contribution is -2.51. The third kappa shape index (κ3) is 7.80. The van der Waals surface area contributed by atoms with Gasteiger partial charge in [0.15, 0.2) is 11.5 Å². The Hall–Kier alpha value is -3.54. The van der Waals surface area contributed by atoms with E-state index in [1.807, 2.05) is 9.80 Å². The highest BCUT2D eigenvalue weighted by Gasteiger charge is 2.24. The van der Waals surface area contributed by atoms with E-state index in [-0.39, 0.29) is 11.8 Å². The molecule has 12 heteroatoms. The maximum absolute atomic E-state index is 12.6. The van der Waals surface area contributed by atoms with E-state index in [2.05, 4.69) is 4.90 Å². The zero-order valence-corrected chi connectivity index (χ0v) is 19.8. The van der Waals surface area contributed by atoms with Gasteiger partial charge in [0.2, 0.25) is 17.6 Å². The number of nitrogens with zero attached hydrogens (tertiary/aromatic N) is 4. The molecule has 2 saturated heterocycles. The minimum absolute atomic E-state index is 0.0470. The number of hydrogen-bond donors (Lipinski definition) is 1. The molecule has 1 aromatic rings. The van der Waals surface area contributed by atoms with Gasteiger partial charge in [0.25, 0.3) is 5.09 Å². The molecule has 0 unspecified atom stereocenters. The average Bonchev–Trinajstić information content (AvgIpc) is 3.37. The molecule has 1 N–H and O–H groups in total. The van der Waals surface area contributed by atoms with Crippen LogP contribution in [0.4, 0.5) is 0 Å². The summed E-state index contributed by atoms with van der Waals surface area (Å²) in [6.45, 7) is 4.86. The van der Waals surface area contributed by atoms with Crippen LogP contribution in [0.1, 0.15) is 18.4 Å². The fourth-order valence-corrected chi connectivity index (χ4v) is 3.85. The van der Waals surface area contributed by atoms with E-state index in [1.165, 1.54) is 0 Å². The molecule has 0 aliphatic carbocycles. The molecule has 0 saturated carbocycles. The van der Waals surface area contributed by atoms with E-state index >= 15 is 0 Å². The zero-order chi connectivity index (χ0) is 25.1. The Morgan fingerprint density at radius 3 is 1.97 bits per heavy atom. The molecular weight excluding hydrogens is 448 g/mol. The van der Waals surface area contributed by atoms with Crippen molar-refractivity contribution >= 4 is 17.9 Å². The predicted molar refractivity (Wildman–Crippen MR) is 123 cm³/mol. The molecule has 3 rings (SSSR count). The lowest BCUT2D eigenvalue weighted by Gasteiger charge is -2.34. The molecule has 0 radical (unpaired) electrons. The molecule has 2 amide bonds. The molecular formula is C22H32N4O8. The highest BCUT2D eigenvalue weighted by molar-refractivity contribution is 5.92. The van der Waals surface area contributed by atoms with Gasteiger partial charge in [-0.2, -0.15) is 0 Å². The van der Waals surface area contributed by atoms with Crippen LogP contribution in [0.3, 0.4) is 0 Å². The van der Waals surface area contributed by atoms with Crippen LogP contribution in [-0.2, 0) is 9.59 Å². The molecule has 1 aromatic carbocycles. The Morgan fingerprint density at radius 1 is 0.971 bits per heavy atom. The molecule has 0 spiro atoms. The van der Waals surface area contributed by atoms with E-state index < -0.39 is 5.09 Å². The minimum atomic E-state index is -1.50. The lowest BCUT2D eigenvalue weighted by atomic mass is 10.1. The van der Waals surface area contributed by atoms with Crippen molar-refractivity contribution in [1.82, 2.24) is 14.7 Å². The van der Waals surface area contributed by atoms with Crippen LogP contribution in [0.15, 0.2) is 18.2 Å². The summed E-state index contributed by atoms with van der Waals surface area (Å²) in [4.78, 5) is 39.1. The van der Waals surface area contributed by atoms with Gasteiger partial charge in [-0.25, -0.2) is 0 Å². The molecule has 2 fully saturated rings. The van der Waals surface area contributed by atoms with Crippen molar-refractivity contribution in [2.75, 3.05) is 67.1 Å². The van der Waals surface area contributed by atoms with Crippen molar-refractivity contribution in [2.24, 2.45) is 0 Å². The van der Waals surface area contributed by atoms with Crippen molar-refractivity contribution in [2.45, 2.75) is 12.8 Å². The van der Waals surface area contributed by atoms with Crippen molar-refractivity contribution in [1.29, 1.82) is 0 Å². The lowest BCUT2D eigenvalue weighted by molar-refractivity contribution is -0.742. The normalized spacial score (nSPS) is 16.1. The fourth-order valence-electron chi connectivity index (χ4n) is 3.85. The highest BCUT2D eigenvalue weighted by Crippen LogP contribution is 2.38. The van der Waals surface area contributed by atoms with Gasteiger partial charge in [0.1, 0.15) is 0 Å². The summed E-state index contributed by atoms with van der Waals surface area (Å²) in [6.07, 6.45) is 5.51. The second-order valence-electron chi connectivity index (χ2n) is 7.72. The number of amides is 2. The van der Waals surface area contributed by atoms with Gasteiger partial charge < -0.3 is 29.2 Å². The molecule has 0 atom stereocenters. The largest absolute Gasteiger partial charge is 0.493 e. The Labute approximate surface area is 198 Å². The molecule has 2 heterocycles. The van der Waals surface area contributed by atoms with Gasteiger partial charge in [0, 0.05) is 45.3 Å². The summed E-state index contributed by atoms with van der Waals surface area (Å²) in [5.41, 5.74) is 0.785. The summed E-state index contributed by atoms with van der Waals surface area (Å²) in [6, 6.07) is 3.60. The number of carbonyl (C=O) groups excluding carboxylic acids is 2. The minimum Gasteiger partial charge on any atom is -0.493 e. The van der Waals surface area contributed by atoms with Crippen LogP contribution in [-0.4, -0.2) is 104 Å². The molecule has 2 aliphatic rings. The molecule has 12 nitrogen and oxygen atoms in total. The summed E-state index contributed by atoms with van der Waals surface area (Å²) in [5, 5.41) is 13.6. The van der Waals surface area contributed by atoms with Crippen molar-refractivity contribution in [3.63, 3.8) is 0 Å². The van der Waals surface area contributed by atoms with Crippen LogP contribution < -0.4 is 14.2 Å². The monoisotopic (exact) mass is 480 g/mol. The van der Waals surface area contributed by atoms with Gasteiger partial charge in [0.05, 0.1) is 27.9 Å². The van der Waals surface area contributed by atoms with E-state index in [4.69, 9.17) is 29.5 Å². The number of methoxy groups -OCH3 is 3. The van der Waals surface area contributed by atoms with Gasteiger partial charge in [-0.1, -0.05) is 0 Å². The number of hydrogen-bond acceptors (Lipinski definition) is 8. The predicted octanol–water partition coefficient (Wildman–Crippen LogP) is 1.14. The van der Waals surface area contributed by atoms with Crippen molar-refractivity contribution in [3.05, 3.63) is 33.9 Å². The van der Waals surface area contributed by atoms with Crippen LogP contribution in [0.5, 0.6) is 17.2 Å². The summed E-state index contributed by atoms with van der Waals surface area (Å²) in [7, 11) is 4.67. The van der Waals surface area contributed by atoms with E-state index in [9.17, 15) is 9.59 Å². The van der Waals surface area contributed by atoms with Crippen molar-refractivity contribution in [3.8, 4) is 17.2 Å². The summed E-state index contributed by atoms with van der Waals surface area (Å²) < 4.78 is 16.0. The second kappa shape index (κ2) is 13.2. The van der Waals surface area contributed by atoms with Gasteiger partial charge >= 0.3 is 0 Å². The van der Waals surface area contributed by atoms with E-state index in [0.29, 0.717) is 50.0 Å². The Morgan fingerprint density at radius 2 is 1.50 bits per heavy atom. The van der Waals surface area contributed by atoms with Crippen molar-refractivity contribution < 1.29 is 34.1 Å². The molecule has 34 heavy (non-hydrogen) atoms. The van der Waals surface area contributed by atoms with Gasteiger partial charge in [-0.05, 0) is 36.6 Å². The highest BCUT2D eigenvalue weighted by atomic mass is 16.9. The molecule has 0 bridgehead atoms. The van der Waals surface area contributed by atoms with E-state index in [0.717, 1.165) is 31.5 Å². The number of carbonyl (C=O) groups is 2. The zero-order valence-electron chi connectivity index (χ0n) is 19.8. The van der Waals surface area contributed by atoms with Crippen LogP contribution in [0.2, 0.25) is 0 Å². The Balaban J connectivity index is 0.000000945. The first-order chi connectivity index (χ1) is 16.3. The number of ether oxygens (including phenoxy) is 3. The van der Waals surface area contributed by atoms with Crippen LogP contribution in [0.25, 0.3) is 6.08 Å². The first-order valence-electron chi connectivity index (χ1n) is 10.9. The average molecular weight is 481 g/mol. The Bertz CT molecular complexity index is 849. The maximum atomic E-state index is 12.6. The first kappa shape index (κ1) is 26.7. The smallest absolute Gasteiger partial charge is 0.291 e. The summed E-state index contributed by atoms with van der Waals surface area (Å²) >= 11 is 0. The second-order valence-corrected chi connectivity index (χ2v) is 7.72. The molecule has 188 valence electrons. The van der Waals surface area contributed by atoms with E-state index in [1.54, 1.807) is 45.6 Å². The summed E-state index contributed by atoms with van der Waals surface area (Å²) in [5.74, 6) is 1.76. The number of piperazine rings is 1. The maximum Gasteiger partial charge on any atom is 0.291 e. The number of likely N-dealkylation sites (tertiary alicyclic amines) is 1. The van der Waals surface area contributed by atoms with Crippen LogP contribution >= 0.6 is 0 Å². The van der Waals surface area contributed by atoms with Crippen LogP contribution in [0, 0.1) is 10.1 Å². The third-order valence-corrected chi connectivity index (χ3v) is 5.61. The SMILES string of the molecule is COc1cc(/C=C/C(=O)N2CCN(CC(=O)N3CCCC3)CC2)cc(OC)c1OC.O=[N+]([O-])O. The standard InChI is InChI=1S/C22H31N3O5.HNO3/c1-28-18-14-17(15-19(29-2)22(18)30-3)6-7-20(26)25-12-10-23(11-13-25)16-21(27)24-8-4-5-9-24;2-1(3)4/h6-7,14-15H,4-5,8-13,16H2,1-3H3;(H,2,3,4)/b7-6+;. The molecule has 2 aliphatic heterocycles. The first-order valence-corrected chi connectivity index (χ1v) is 10.9. The quantitative estimate of drug-likeness (QED) is 0.346. The van der Waals surface area contributed by atoms with Gasteiger partial charge in [-0.15, -0.1) is 10.1 Å². The number of benzene rings is 1.